The number of halogens is 3. The van der Waals surface area contributed by atoms with Gasteiger partial charge in [-0.2, -0.15) is 13.2 Å². The minimum atomic E-state index is -4.76. The number of hydrogen-bond acceptors (Lipinski definition) is 9. The third-order valence-electron chi connectivity index (χ3n) is 4.61. The summed E-state index contributed by atoms with van der Waals surface area (Å²) in [4.78, 5) is 21.9. The molecule has 12 heteroatoms. The van der Waals surface area contributed by atoms with E-state index in [1.807, 2.05) is 4.90 Å². The normalized spacial score (nSPS) is 14.5. The van der Waals surface area contributed by atoms with Gasteiger partial charge in [0.25, 0.3) is 0 Å². The molecule has 31 heavy (non-hydrogen) atoms. The third kappa shape index (κ3) is 4.48. The van der Waals surface area contributed by atoms with Crippen LogP contribution >= 0.6 is 0 Å². The van der Waals surface area contributed by atoms with Gasteiger partial charge in [0.2, 0.25) is 5.95 Å². The van der Waals surface area contributed by atoms with Crippen LogP contribution < -0.4 is 15.4 Å². The molecule has 9 nitrogen and oxygen atoms in total. The SMILES string of the molecule is COc1cncc(-c2cc(N3CCOCC3)nc(-c3cnc(N)nc3C(F)(F)F)n2)c1. The highest BCUT2D eigenvalue weighted by molar-refractivity contribution is 5.69. The number of nitrogens with zero attached hydrogens (tertiary/aromatic N) is 6. The zero-order valence-electron chi connectivity index (χ0n) is 16.4. The van der Waals surface area contributed by atoms with Crippen LogP contribution in [0.2, 0.25) is 0 Å². The van der Waals surface area contributed by atoms with Gasteiger partial charge in [-0.25, -0.2) is 19.9 Å². The molecule has 0 atom stereocenters. The zero-order valence-corrected chi connectivity index (χ0v) is 16.4. The van der Waals surface area contributed by atoms with Gasteiger partial charge in [-0.15, -0.1) is 0 Å². The Bertz CT molecular complexity index is 1090. The predicted octanol–water partition coefficient (Wildman–Crippen LogP) is 2.44. The van der Waals surface area contributed by atoms with Crippen molar-refractivity contribution < 1.29 is 22.6 Å². The van der Waals surface area contributed by atoms with Crippen molar-refractivity contribution in [2.75, 3.05) is 44.0 Å². The van der Waals surface area contributed by atoms with E-state index in [-0.39, 0.29) is 11.4 Å². The van der Waals surface area contributed by atoms with Crippen LogP contribution in [0.5, 0.6) is 5.75 Å². The van der Waals surface area contributed by atoms with E-state index in [1.165, 1.54) is 13.3 Å². The van der Waals surface area contributed by atoms with E-state index in [9.17, 15) is 13.2 Å². The second-order valence-corrected chi connectivity index (χ2v) is 6.64. The first-order valence-corrected chi connectivity index (χ1v) is 9.26. The highest BCUT2D eigenvalue weighted by atomic mass is 19.4. The summed E-state index contributed by atoms with van der Waals surface area (Å²) < 4.78 is 51.5. The number of anilines is 2. The van der Waals surface area contributed by atoms with Crippen LogP contribution in [0.3, 0.4) is 0 Å². The molecule has 162 valence electrons. The number of alkyl halides is 3. The smallest absolute Gasteiger partial charge is 0.434 e. The summed E-state index contributed by atoms with van der Waals surface area (Å²) in [6.45, 7) is 2.04. The van der Waals surface area contributed by atoms with Crippen LogP contribution in [0, 0.1) is 0 Å². The maximum Gasteiger partial charge on any atom is 0.434 e. The number of morpholine rings is 1. The number of hydrogen-bond donors (Lipinski definition) is 1. The summed E-state index contributed by atoms with van der Waals surface area (Å²) in [5, 5.41) is 0. The summed E-state index contributed by atoms with van der Waals surface area (Å²) in [5.41, 5.74) is 4.76. The average molecular weight is 433 g/mol. The highest BCUT2D eigenvalue weighted by Crippen LogP contribution is 2.36. The quantitative estimate of drug-likeness (QED) is 0.663. The van der Waals surface area contributed by atoms with E-state index in [2.05, 4.69) is 24.9 Å². The van der Waals surface area contributed by atoms with Gasteiger partial charge >= 0.3 is 6.18 Å². The lowest BCUT2D eigenvalue weighted by Gasteiger charge is -2.28. The number of methoxy groups -OCH3 is 1. The lowest BCUT2D eigenvalue weighted by atomic mass is 10.1. The molecular weight excluding hydrogens is 415 g/mol. The number of rotatable bonds is 4. The standard InChI is InChI=1S/C19H18F3N7O2/c1-30-12-6-11(8-24-9-12)14-7-15(29-2-4-31-5-3-29)27-17(26-14)13-10-25-18(23)28-16(13)19(20,21)22/h6-10H,2-5H2,1H3,(H2,23,25,28). The van der Waals surface area contributed by atoms with E-state index in [4.69, 9.17) is 15.2 Å². The van der Waals surface area contributed by atoms with Crippen molar-refractivity contribution in [3.8, 4) is 28.4 Å². The molecule has 3 aromatic rings. The molecule has 0 saturated carbocycles. The lowest BCUT2D eigenvalue weighted by Crippen LogP contribution is -2.36. The first-order valence-electron chi connectivity index (χ1n) is 9.26. The molecule has 0 unspecified atom stereocenters. The first-order chi connectivity index (χ1) is 14.8. The van der Waals surface area contributed by atoms with Crippen molar-refractivity contribution in [1.82, 2.24) is 24.9 Å². The topological polar surface area (TPSA) is 112 Å². The van der Waals surface area contributed by atoms with E-state index >= 15 is 0 Å². The highest BCUT2D eigenvalue weighted by Gasteiger charge is 2.37. The fraction of sp³-hybridized carbons (Fsp3) is 0.316. The molecule has 1 aliphatic heterocycles. The molecule has 0 aromatic carbocycles. The van der Waals surface area contributed by atoms with Gasteiger partial charge in [0.15, 0.2) is 11.5 Å². The molecule has 0 aliphatic carbocycles. The Morgan fingerprint density at radius 1 is 1.06 bits per heavy atom. The fourth-order valence-electron chi connectivity index (χ4n) is 3.10. The second-order valence-electron chi connectivity index (χ2n) is 6.64. The molecular formula is C19H18F3N7O2. The number of nitrogens with two attached hydrogens (primary N) is 1. The van der Waals surface area contributed by atoms with E-state index in [0.717, 1.165) is 6.20 Å². The number of aromatic nitrogens is 5. The Labute approximate surface area is 175 Å². The second kappa shape index (κ2) is 8.30. The van der Waals surface area contributed by atoms with Crippen LogP contribution in [0.25, 0.3) is 22.6 Å². The minimum absolute atomic E-state index is 0.172. The summed E-state index contributed by atoms with van der Waals surface area (Å²) in [5.74, 6) is 0.278. The maximum absolute atomic E-state index is 13.6. The van der Waals surface area contributed by atoms with Crippen molar-refractivity contribution in [3.05, 3.63) is 36.4 Å². The van der Waals surface area contributed by atoms with Gasteiger partial charge in [-0.1, -0.05) is 0 Å². The monoisotopic (exact) mass is 433 g/mol. The van der Waals surface area contributed by atoms with E-state index in [1.54, 1.807) is 18.3 Å². The summed E-state index contributed by atoms with van der Waals surface area (Å²) >= 11 is 0. The van der Waals surface area contributed by atoms with Crippen LogP contribution in [0.15, 0.2) is 30.7 Å². The van der Waals surface area contributed by atoms with Crippen molar-refractivity contribution in [2.45, 2.75) is 6.18 Å². The van der Waals surface area contributed by atoms with E-state index < -0.39 is 17.8 Å². The Kier molecular flexibility index (Phi) is 5.55. The molecule has 1 aliphatic rings. The molecule has 0 spiro atoms. The molecule has 0 radical (unpaired) electrons. The third-order valence-corrected chi connectivity index (χ3v) is 4.61. The van der Waals surface area contributed by atoms with Crippen molar-refractivity contribution in [2.24, 2.45) is 0 Å². The summed E-state index contributed by atoms with van der Waals surface area (Å²) in [7, 11) is 1.49. The Balaban J connectivity index is 1.90. The molecule has 4 heterocycles. The largest absolute Gasteiger partial charge is 0.495 e. The molecule has 0 bridgehead atoms. The van der Waals surface area contributed by atoms with Crippen LogP contribution in [-0.4, -0.2) is 58.3 Å². The van der Waals surface area contributed by atoms with Crippen LogP contribution in [-0.2, 0) is 10.9 Å². The van der Waals surface area contributed by atoms with Crippen LogP contribution in [0.4, 0.5) is 24.9 Å². The van der Waals surface area contributed by atoms with Gasteiger partial charge < -0.3 is 20.1 Å². The predicted molar refractivity (Wildman–Crippen MR) is 105 cm³/mol. The summed E-state index contributed by atoms with van der Waals surface area (Å²) in [6.07, 6.45) is -0.717. The molecule has 0 amide bonds. The van der Waals surface area contributed by atoms with Gasteiger partial charge in [0.1, 0.15) is 11.6 Å². The van der Waals surface area contributed by atoms with Crippen molar-refractivity contribution in [3.63, 3.8) is 0 Å². The zero-order chi connectivity index (χ0) is 22.0. The van der Waals surface area contributed by atoms with Crippen molar-refractivity contribution >= 4 is 11.8 Å². The number of pyridine rings is 1. The van der Waals surface area contributed by atoms with Crippen LogP contribution in [0.1, 0.15) is 5.69 Å². The molecule has 3 aromatic heterocycles. The summed E-state index contributed by atoms with van der Waals surface area (Å²) in [6, 6.07) is 3.38. The Hall–Kier alpha value is -3.54. The Morgan fingerprint density at radius 3 is 2.55 bits per heavy atom. The van der Waals surface area contributed by atoms with Gasteiger partial charge in [-0.05, 0) is 6.07 Å². The molecule has 2 N–H and O–H groups in total. The van der Waals surface area contributed by atoms with Gasteiger partial charge in [0.05, 0.1) is 37.8 Å². The van der Waals surface area contributed by atoms with Crippen molar-refractivity contribution in [1.29, 1.82) is 0 Å². The van der Waals surface area contributed by atoms with Gasteiger partial charge in [-0.3, -0.25) is 4.98 Å². The van der Waals surface area contributed by atoms with Gasteiger partial charge in [0, 0.05) is 37.1 Å². The lowest BCUT2D eigenvalue weighted by molar-refractivity contribution is -0.140. The fourth-order valence-corrected chi connectivity index (χ4v) is 3.10. The number of nitrogen functional groups attached to an aromatic ring is 1. The van der Waals surface area contributed by atoms with E-state index in [0.29, 0.717) is 49.1 Å². The maximum atomic E-state index is 13.6. The first kappa shape index (κ1) is 20.7. The Morgan fingerprint density at radius 2 is 1.84 bits per heavy atom. The molecule has 1 saturated heterocycles. The molecule has 4 rings (SSSR count). The average Bonchev–Trinajstić information content (AvgIpc) is 2.79. The molecule has 1 fully saturated rings. The number of ether oxygens (including phenoxy) is 2. The minimum Gasteiger partial charge on any atom is -0.495 e.